The summed E-state index contributed by atoms with van der Waals surface area (Å²) in [4.78, 5) is 16.0. The minimum Gasteiger partial charge on any atom is -0.490 e. The number of rotatable bonds is 7. The molecule has 1 atom stereocenters. The second-order valence-corrected chi connectivity index (χ2v) is 10.7. The van der Waals surface area contributed by atoms with Gasteiger partial charge >= 0.3 is 6.09 Å². The fraction of sp³-hybridized carbons (Fsp3) is 0.682. The van der Waals surface area contributed by atoms with Gasteiger partial charge in [0.15, 0.2) is 21.4 Å². The van der Waals surface area contributed by atoms with Gasteiger partial charge in [-0.25, -0.2) is 22.0 Å². The van der Waals surface area contributed by atoms with Gasteiger partial charge in [-0.2, -0.15) is 0 Å². The second-order valence-electron chi connectivity index (χ2n) is 8.72. The number of carbonyl (C=O) groups is 1. The molecule has 2 fully saturated rings. The Morgan fingerprint density at radius 1 is 1.16 bits per heavy atom. The van der Waals surface area contributed by atoms with Crippen molar-refractivity contribution in [3.63, 3.8) is 0 Å². The Balaban J connectivity index is 1.40. The van der Waals surface area contributed by atoms with Crippen LogP contribution in [0.5, 0.6) is 5.75 Å². The van der Waals surface area contributed by atoms with Crippen molar-refractivity contribution in [2.24, 2.45) is 5.92 Å². The van der Waals surface area contributed by atoms with E-state index in [1.165, 1.54) is 19.1 Å². The van der Waals surface area contributed by atoms with Crippen molar-refractivity contribution < 1.29 is 31.5 Å². The first kappa shape index (κ1) is 24.7. The van der Waals surface area contributed by atoms with Crippen LogP contribution in [0, 0.1) is 11.7 Å². The number of nitrogens with zero attached hydrogens (tertiary/aromatic N) is 2. The van der Waals surface area contributed by atoms with Gasteiger partial charge in [0.25, 0.3) is 0 Å². The van der Waals surface area contributed by atoms with Crippen LogP contribution in [0.25, 0.3) is 0 Å². The molecule has 180 valence electrons. The highest BCUT2D eigenvalue weighted by Crippen LogP contribution is 2.30. The smallest absolute Gasteiger partial charge is 0.410 e. The van der Waals surface area contributed by atoms with Crippen molar-refractivity contribution in [1.29, 1.82) is 0 Å². The molecule has 1 aliphatic carbocycles. The van der Waals surface area contributed by atoms with Gasteiger partial charge in [0, 0.05) is 38.5 Å². The Morgan fingerprint density at radius 3 is 2.38 bits per heavy atom. The molecule has 0 N–H and O–H groups in total. The first-order chi connectivity index (χ1) is 15.2. The van der Waals surface area contributed by atoms with Crippen LogP contribution in [-0.4, -0.2) is 82.2 Å². The number of hydrogen-bond acceptors (Lipinski definition) is 6. The van der Waals surface area contributed by atoms with Gasteiger partial charge in [-0.3, -0.25) is 4.90 Å². The van der Waals surface area contributed by atoms with E-state index in [9.17, 15) is 22.0 Å². The van der Waals surface area contributed by atoms with Gasteiger partial charge in [0.1, 0.15) is 12.8 Å². The lowest BCUT2D eigenvalue weighted by Gasteiger charge is -2.41. The Labute approximate surface area is 188 Å². The third-order valence-electron chi connectivity index (χ3n) is 6.23. The molecule has 7 nitrogen and oxygen atoms in total. The van der Waals surface area contributed by atoms with Gasteiger partial charge in [0.2, 0.25) is 0 Å². The SMILES string of the molecule is C[C@@H](CF)OC(=O)N1CCN([C@H]2CC[C@H](COc3ccc(S(C)(=O)=O)cc3F)CC2)CC1. The molecule has 0 aromatic heterocycles. The highest BCUT2D eigenvalue weighted by atomic mass is 32.2. The number of alkyl halides is 1. The van der Waals surface area contributed by atoms with Crippen LogP contribution >= 0.6 is 0 Å². The van der Waals surface area contributed by atoms with Crippen LogP contribution in [0.2, 0.25) is 0 Å². The van der Waals surface area contributed by atoms with E-state index in [2.05, 4.69) is 4.90 Å². The van der Waals surface area contributed by atoms with Gasteiger partial charge in [-0.15, -0.1) is 0 Å². The predicted molar refractivity (Wildman–Crippen MR) is 116 cm³/mol. The molecule has 0 bridgehead atoms. The van der Waals surface area contributed by atoms with E-state index in [4.69, 9.17) is 9.47 Å². The molecule has 1 saturated heterocycles. The molecule has 1 aliphatic heterocycles. The number of halogens is 2. The molecule has 0 radical (unpaired) electrons. The van der Waals surface area contributed by atoms with Crippen LogP contribution in [0.1, 0.15) is 32.6 Å². The summed E-state index contributed by atoms with van der Waals surface area (Å²) in [5.41, 5.74) is 0. The van der Waals surface area contributed by atoms with Crippen molar-refractivity contribution in [2.45, 2.75) is 49.6 Å². The molecule has 3 rings (SSSR count). The van der Waals surface area contributed by atoms with Crippen molar-refractivity contribution in [3.8, 4) is 5.75 Å². The van der Waals surface area contributed by atoms with E-state index in [0.717, 1.165) is 51.1 Å². The van der Waals surface area contributed by atoms with E-state index in [1.54, 1.807) is 4.90 Å². The highest BCUT2D eigenvalue weighted by molar-refractivity contribution is 7.90. The van der Waals surface area contributed by atoms with Crippen LogP contribution < -0.4 is 4.74 Å². The second kappa shape index (κ2) is 10.8. The van der Waals surface area contributed by atoms with Gasteiger partial charge in [-0.1, -0.05) is 0 Å². The summed E-state index contributed by atoms with van der Waals surface area (Å²) < 4.78 is 60.4. The third kappa shape index (κ3) is 6.54. The minimum absolute atomic E-state index is 0.0619. The third-order valence-corrected chi connectivity index (χ3v) is 7.34. The molecule has 32 heavy (non-hydrogen) atoms. The Kier molecular flexibility index (Phi) is 8.32. The van der Waals surface area contributed by atoms with E-state index >= 15 is 0 Å². The maximum atomic E-state index is 14.2. The van der Waals surface area contributed by atoms with Crippen molar-refractivity contribution >= 4 is 15.9 Å². The number of amides is 1. The summed E-state index contributed by atoms with van der Waals surface area (Å²) in [5.74, 6) is -0.276. The molecule has 1 saturated carbocycles. The van der Waals surface area contributed by atoms with Gasteiger partial charge in [0.05, 0.1) is 11.5 Å². The number of ether oxygens (including phenoxy) is 2. The lowest BCUT2D eigenvalue weighted by atomic mass is 9.85. The predicted octanol–water partition coefficient (Wildman–Crippen LogP) is 3.28. The zero-order chi connectivity index (χ0) is 23.3. The normalized spacial score (nSPS) is 23.6. The fourth-order valence-corrected chi connectivity index (χ4v) is 4.89. The Morgan fingerprint density at radius 2 is 1.81 bits per heavy atom. The summed E-state index contributed by atoms with van der Waals surface area (Å²) in [6.45, 7) is 3.93. The maximum absolute atomic E-state index is 14.2. The average molecular weight is 475 g/mol. The summed E-state index contributed by atoms with van der Waals surface area (Å²) in [5, 5.41) is 0. The van der Waals surface area contributed by atoms with Crippen LogP contribution in [0.15, 0.2) is 23.1 Å². The summed E-state index contributed by atoms with van der Waals surface area (Å²) in [6, 6.07) is 4.17. The first-order valence-corrected chi connectivity index (χ1v) is 12.9. The van der Waals surface area contributed by atoms with Gasteiger partial charge < -0.3 is 14.4 Å². The average Bonchev–Trinajstić information content (AvgIpc) is 2.78. The quantitative estimate of drug-likeness (QED) is 0.604. The molecule has 1 amide bonds. The number of piperazine rings is 1. The lowest BCUT2D eigenvalue weighted by Crippen LogP contribution is -2.53. The van der Waals surface area contributed by atoms with Crippen molar-refractivity contribution in [2.75, 3.05) is 45.7 Å². The Hall–Kier alpha value is -1.94. The molecular weight excluding hydrogens is 442 g/mol. The number of carbonyl (C=O) groups excluding carboxylic acids is 1. The summed E-state index contributed by atoms with van der Waals surface area (Å²) >= 11 is 0. The molecule has 10 heteroatoms. The summed E-state index contributed by atoms with van der Waals surface area (Å²) in [6.07, 6.45) is 3.81. The fourth-order valence-electron chi connectivity index (χ4n) is 4.26. The Bertz CT molecular complexity index is 882. The maximum Gasteiger partial charge on any atom is 0.410 e. The van der Waals surface area contributed by atoms with Crippen LogP contribution in [0.3, 0.4) is 0 Å². The highest BCUT2D eigenvalue weighted by Gasteiger charge is 2.30. The largest absolute Gasteiger partial charge is 0.490 e. The minimum atomic E-state index is -3.45. The van der Waals surface area contributed by atoms with Crippen molar-refractivity contribution in [1.82, 2.24) is 9.80 Å². The molecule has 2 aliphatic rings. The number of hydrogen-bond donors (Lipinski definition) is 0. The van der Waals surface area contributed by atoms with E-state index in [0.29, 0.717) is 31.7 Å². The number of benzene rings is 1. The van der Waals surface area contributed by atoms with Crippen molar-refractivity contribution in [3.05, 3.63) is 24.0 Å². The number of sulfone groups is 1. The monoisotopic (exact) mass is 474 g/mol. The molecule has 0 unspecified atom stereocenters. The summed E-state index contributed by atoms with van der Waals surface area (Å²) in [7, 11) is -3.45. The standard InChI is InChI=1S/C22H32F2N2O5S/c1-16(14-23)31-22(27)26-11-9-25(10-12-26)18-5-3-17(4-6-18)15-30-21-8-7-19(13-20(21)24)32(2,28)29/h7-8,13,16-18H,3-6,9-12,14-15H2,1-2H3/t16-,17-,18-/m0/s1. The van der Waals surface area contributed by atoms with Gasteiger partial charge in [-0.05, 0) is 56.7 Å². The van der Waals surface area contributed by atoms with E-state index in [1.807, 2.05) is 0 Å². The zero-order valence-corrected chi connectivity index (χ0v) is 19.5. The van der Waals surface area contributed by atoms with Crippen LogP contribution in [-0.2, 0) is 14.6 Å². The molecule has 1 aromatic carbocycles. The lowest BCUT2D eigenvalue weighted by molar-refractivity contribution is 0.0292. The molecule has 1 heterocycles. The zero-order valence-electron chi connectivity index (χ0n) is 18.6. The molecule has 0 spiro atoms. The van der Waals surface area contributed by atoms with Crippen LogP contribution in [0.4, 0.5) is 13.6 Å². The first-order valence-electron chi connectivity index (χ1n) is 11.1. The topological polar surface area (TPSA) is 76.2 Å². The van der Waals surface area contributed by atoms with E-state index < -0.39 is 34.5 Å². The van der Waals surface area contributed by atoms with E-state index in [-0.39, 0.29) is 10.6 Å². The molecule has 1 aromatic rings. The molecular formula is C22H32F2N2O5S.